The molecular formula is C46H55FN10O4. The van der Waals surface area contributed by atoms with Crippen molar-refractivity contribution in [2.45, 2.75) is 76.9 Å². The molecule has 4 fully saturated rings. The number of anilines is 2. The lowest BCUT2D eigenvalue weighted by Crippen LogP contribution is -2.52. The number of aromatic nitrogens is 5. The van der Waals surface area contributed by atoms with Crippen LogP contribution >= 0.6 is 0 Å². The standard InChI is InChI=1S/C46H55FN10O4/c1-45(2)25-29(26-46(3,4)61-45)22-35(32-7-10-37-36(23-32)42(47)51-50-37)33-8-11-39(48-27-33)55-18-20-56(21-19-55)41(59)28-54-15-12-30(13-16-54)31-6-9-34-38(24-31)53(5)52-43(34)57-17-14-40(58)49-44(57)60/h6-11,22-24,27,29-30H,12-21,25-26,28H2,1-5H3,(H,50,51)(H,49,58,60). The molecule has 0 spiro atoms. The van der Waals surface area contributed by atoms with Gasteiger partial charge in [0.15, 0.2) is 5.82 Å². The van der Waals surface area contributed by atoms with Gasteiger partial charge in [0.05, 0.1) is 34.2 Å². The van der Waals surface area contributed by atoms with E-state index in [1.807, 2.05) is 42.4 Å². The van der Waals surface area contributed by atoms with Crippen LogP contribution < -0.4 is 15.1 Å². The first kappa shape index (κ1) is 40.7. The summed E-state index contributed by atoms with van der Waals surface area (Å²) in [5.41, 5.74) is 5.16. The predicted octanol–water partition coefficient (Wildman–Crippen LogP) is 6.37. The van der Waals surface area contributed by atoms with E-state index in [2.05, 4.69) is 88.4 Å². The van der Waals surface area contributed by atoms with Gasteiger partial charge >= 0.3 is 6.03 Å². The van der Waals surface area contributed by atoms with Crippen LogP contribution in [0.2, 0.25) is 0 Å². The van der Waals surface area contributed by atoms with Gasteiger partial charge in [0.25, 0.3) is 0 Å². The second-order valence-electron chi connectivity index (χ2n) is 18.4. The first-order valence-corrected chi connectivity index (χ1v) is 21.5. The maximum Gasteiger partial charge on any atom is 0.329 e. The number of allylic oxidation sites excluding steroid dienone is 1. The number of H-pyrrole nitrogens is 1. The molecule has 0 bridgehead atoms. The van der Waals surface area contributed by atoms with Gasteiger partial charge in [0, 0.05) is 63.3 Å². The monoisotopic (exact) mass is 830 g/mol. The Hall–Kier alpha value is -5.67. The molecule has 15 heteroatoms. The summed E-state index contributed by atoms with van der Waals surface area (Å²) >= 11 is 0. The minimum absolute atomic E-state index is 0.161. The molecule has 7 heterocycles. The highest BCUT2D eigenvalue weighted by Gasteiger charge is 2.39. The number of imide groups is 1. The largest absolute Gasteiger partial charge is 0.370 e. The van der Waals surface area contributed by atoms with E-state index in [0.717, 1.165) is 72.2 Å². The zero-order valence-corrected chi connectivity index (χ0v) is 35.7. The van der Waals surface area contributed by atoms with Crippen molar-refractivity contribution >= 4 is 56.9 Å². The minimum Gasteiger partial charge on any atom is -0.370 e. The highest BCUT2D eigenvalue weighted by molar-refractivity contribution is 6.08. The number of rotatable bonds is 8. The van der Waals surface area contributed by atoms with Crippen LogP contribution in [0.4, 0.5) is 20.8 Å². The number of halogens is 1. The number of fused-ring (bicyclic) bond motifs is 2. The number of nitrogens with zero attached hydrogens (tertiary/aromatic N) is 8. The molecular weight excluding hydrogens is 776 g/mol. The number of urea groups is 1. The molecule has 4 aliphatic heterocycles. The molecule has 0 saturated carbocycles. The van der Waals surface area contributed by atoms with Crippen molar-refractivity contribution in [2.24, 2.45) is 13.0 Å². The number of likely N-dealkylation sites (tertiary alicyclic amines) is 1. The van der Waals surface area contributed by atoms with Crippen LogP contribution in [0.3, 0.4) is 0 Å². The quantitative estimate of drug-likeness (QED) is 0.182. The first-order valence-electron chi connectivity index (χ1n) is 21.5. The van der Waals surface area contributed by atoms with Crippen molar-refractivity contribution < 1.29 is 23.5 Å². The van der Waals surface area contributed by atoms with E-state index in [1.54, 1.807) is 4.68 Å². The van der Waals surface area contributed by atoms with Gasteiger partial charge in [0.2, 0.25) is 17.8 Å². The van der Waals surface area contributed by atoms with Crippen molar-refractivity contribution in [3.8, 4) is 0 Å². The number of nitrogens with one attached hydrogen (secondary N) is 2. The topological polar surface area (TPSA) is 145 Å². The number of hydrogen-bond acceptors (Lipinski definition) is 9. The Kier molecular flexibility index (Phi) is 10.7. The fraction of sp³-hybridized carbons (Fsp3) is 0.478. The SMILES string of the molecule is Cn1nc(N2CCC(=O)NC2=O)c2ccc(C3CCN(CC(=O)N4CCN(c5ccc(C(=CC6CC(C)(C)OC(C)(C)C6)c6ccc7[nH]nc(F)c7c6)cn5)CC4)CC3)cc21. The maximum absolute atomic E-state index is 14.6. The Balaban J connectivity index is 0.807. The summed E-state index contributed by atoms with van der Waals surface area (Å²) in [4.78, 5) is 50.7. The van der Waals surface area contributed by atoms with Crippen LogP contribution in [-0.2, 0) is 21.4 Å². The highest BCUT2D eigenvalue weighted by Crippen LogP contribution is 2.41. The van der Waals surface area contributed by atoms with E-state index in [0.29, 0.717) is 61.9 Å². The minimum atomic E-state index is -0.514. The number of carbonyl (C=O) groups is 3. The van der Waals surface area contributed by atoms with Gasteiger partial charge in [0.1, 0.15) is 5.82 Å². The van der Waals surface area contributed by atoms with Crippen molar-refractivity contribution in [3.63, 3.8) is 0 Å². The van der Waals surface area contributed by atoms with Gasteiger partial charge in [-0.2, -0.15) is 9.49 Å². The highest BCUT2D eigenvalue weighted by atomic mass is 19.1. The molecule has 0 atom stereocenters. The molecule has 61 heavy (non-hydrogen) atoms. The van der Waals surface area contributed by atoms with Crippen LogP contribution in [0.5, 0.6) is 0 Å². The summed E-state index contributed by atoms with van der Waals surface area (Å²) in [7, 11) is 1.88. The van der Waals surface area contributed by atoms with Gasteiger partial charge in [-0.05, 0) is 131 Å². The lowest BCUT2D eigenvalue weighted by molar-refractivity contribution is -0.166. The fourth-order valence-corrected chi connectivity index (χ4v) is 10.1. The normalized spacial score (nSPS) is 20.8. The summed E-state index contributed by atoms with van der Waals surface area (Å²) in [5, 5.41) is 14.9. The number of pyridine rings is 1. The van der Waals surface area contributed by atoms with Crippen molar-refractivity contribution in [3.05, 3.63) is 83.4 Å². The van der Waals surface area contributed by atoms with Crippen molar-refractivity contribution in [2.75, 3.05) is 62.2 Å². The molecule has 14 nitrogen and oxygen atoms in total. The number of aromatic amines is 1. The second-order valence-corrected chi connectivity index (χ2v) is 18.4. The van der Waals surface area contributed by atoms with Crippen LogP contribution in [0.1, 0.15) is 82.4 Å². The average Bonchev–Trinajstić information content (AvgIpc) is 3.77. The number of carbonyl (C=O) groups excluding carboxylic acids is 3. The van der Waals surface area contributed by atoms with Gasteiger partial charge in [-0.1, -0.05) is 18.2 Å². The molecule has 0 radical (unpaired) electrons. The zero-order valence-electron chi connectivity index (χ0n) is 35.7. The third-order valence-electron chi connectivity index (χ3n) is 12.9. The molecule has 2 N–H and O–H groups in total. The molecule has 320 valence electrons. The van der Waals surface area contributed by atoms with Crippen molar-refractivity contribution in [1.29, 1.82) is 0 Å². The third-order valence-corrected chi connectivity index (χ3v) is 12.9. The fourth-order valence-electron chi connectivity index (χ4n) is 10.1. The van der Waals surface area contributed by atoms with E-state index in [9.17, 15) is 18.8 Å². The van der Waals surface area contributed by atoms with Crippen LogP contribution in [-0.4, -0.2) is 116 Å². The van der Waals surface area contributed by atoms with Crippen LogP contribution in [0, 0.1) is 11.9 Å². The van der Waals surface area contributed by atoms with Gasteiger partial charge in [-0.25, -0.2) is 9.78 Å². The molecule has 4 saturated heterocycles. The van der Waals surface area contributed by atoms with Crippen molar-refractivity contribution in [1.82, 2.24) is 40.1 Å². The number of benzene rings is 2. The van der Waals surface area contributed by atoms with E-state index in [1.165, 1.54) is 10.5 Å². The Morgan fingerprint density at radius 1 is 0.902 bits per heavy atom. The first-order chi connectivity index (χ1) is 29.2. The summed E-state index contributed by atoms with van der Waals surface area (Å²) in [6.45, 7) is 13.6. The number of aryl methyl sites for hydroxylation is 1. The molecule has 5 aromatic rings. The average molecular weight is 831 g/mol. The summed E-state index contributed by atoms with van der Waals surface area (Å²) < 4.78 is 22.8. The Morgan fingerprint density at radius 2 is 1.64 bits per heavy atom. The van der Waals surface area contributed by atoms with Gasteiger partial charge in [-0.3, -0.25) is 34.5 Å². The van der Waals surface area contributed by atoms with E-state index in [-0.39, 0.29) is 35.4 Å². The van der Waals surface area contributed by atoms with Crippen LogP contribution in [0.25, 0.3) is 27.4 Å². The summed E-state index contributed by atoms with van der Waals surface area (Å²) in [5.74, 6) is 1.43. The third kappa shape index (κ3) is 8.50. The lowest BCUT2D eigenvalue weighted by Gasteiger charge is -2.45. The number of hydrogen-bond donors (Lipinski definition) is 2. The van der Waals surface area contributed by atoms with Crippen LogP contribution in [0.15, 0.2) is 60.8 Å². The lowest BCUT2D eigenvalue weighted by atomic mass is 9.79. The molecule has 2 aromatic carbocycles. The number of piperazine rings is 1. The van der Waals surface area contributed by atoms with E-state index >= 15 is 0 Å². The predicted molar refractivity (Wildman–Crippen MR) is 233 cm³/mol. The second kappa shape index (κ2) is 16.0. The maximum atomic E-state index is 14.6. The van der Waals surface area contributed by atoms with Gasteiger partial charge in [-0.15, -0.1) is 5.10 Å². The molecule has 9 rings (SSSR count). The number of amides is 4. The molecule has 0 aliphatic carbocycles. The smallest absolute Gasteiger partial charge is 0.329 e. The van der Waals surface area contributed by atoms with E-state index < -0.39 is 12.0 Å². The molecule has 4 amide bonds. The van der Waals surface area contributed by atoms with E-state index in [4.69, 9.17) is 9.72 Å². The molecule has 0 unspecified atom stereocenters. The molecule has 3 aromatic heterocycles. The zero-order chi connectivity index (χ0) is 42.6. The number of piperidine rings is 1. The summed E-state index contributed by atoms with van der Waals surface area (Å²) in [6.07, 6.45) is 8.12. The Morgan fingerprint density at radius 3 is 2.34 bits per heavy atom. The van der Waals surface area contributed by atoms with Gasteiger partial charge < -0.3 is 14.5 Å². The number of ether oxygens (including phenoxy) is 1. The Labute approximate surface area is 355 Å². The Bertz CT molecular complexity index is 2490. The molecule has 4 aliphatic rings. The summed E-state index contributed by atoms with van der Waals surface area (Å²) in [6, 6.07) is 15.8.